The fourth-order valence-corrected chi connectivity index (χ4v) is 1.51. The van der Waals surface area contributed by atoms with Crippen molar-refractivity contribution in [1.82, 2.24) is 4.98 Å². The van der Waals surface area contributed by atoms with Gasteiger partial charge in [0.2, 0.25) is 0 Å². The van der Waals surface area contributed by atoms with Gasteiger partial charge in [0.1, 0.15) is 5.82 Å². The maximum absolute atomic E-state index is 11.6. The molecule has 18 heavy (non-hydrogen) atoms. The highest BCUT2D eigenvalue weighted by atomic mass is 35.5. The molecule has 0 aliphatic heterocycles. The molecule has 0 bridgehead atoms. The van der Waals surface area contributed by atoms with Gasteiger partial charge in [-0.05, 0) is 30.3 Å². The average molecular weight is 263 g/mol. The number of carbonyl (C=O) groups is 1. The van der Waals surface area contributed by atoms with Crippen LogP contribution in [-0.4, -0.2) is 11.0 Å². The largest absolute Gasteiger partial charge is 0.397 e. The summed E-state index contributed by atoms with van der Waals surface area (Å²) in [5.41, 5.74) is 6.64. The van der Waals surface area contributed by atoms with Gasteiger partial charge in [-0.3, -0.25) is 5.32 Å². The van der Waals surface area contributed by atoms with Crippen molar-refractivity contribution in [1.29, 1.82) is 0 Å². The van der Waals surface area contributed by atoms with E-state index in [1.54, 1.807) is 36.4 Å². The normalized spacial score (nSPS) is 9.83. The molecule has 5 nitrogen and oxygen atoms in total. The quantitative estimate of drug-likeness (QED) is 0.778. The summed E-state index contributed by atoms with van der Waals surface area (Å²) in [5.74, 6) is 0.420. The molecule has 1 aromatic heterocycles. The van der Waals surface area contributed by atoms with Crippen molar-refractivity contribution in [2.24, 2.45) is 0 Å². The van der Waals surface area contributed by atoms with Crippen molar-refractivity contribution >= 4 is 34.8 Å². The zero-order valence-electron chi connectivity index (χ0n) is 9.35. The molecule has 0 aliphatic carbocycles. The second-order valence-electron chi connectivity index (χ2n) is 3.57. The number of urea groups is 1. The molecule has 0 atom stereocenters. The highest BCUT2D eigenvalue weighted by Crippen LogP contribution is 2.15. The van der Waals surface area contributed by atoms with Gasteiger partial charge in [0.15, 0.2) is 0 Å². The van der Waals surface area contributed by atoms with Gasteiger partial charge in [-0.25, -0.2) is 9.78 Å². The fourth-order valence-electron chi connectivity index (χ4n) is 1.32. The first-order chi connectivity index (χ1) is 8.63. The third-order valence-electron chi connectivity index (χ3n) is 2.11. The first-order valence-electron chi connectivity index (χ1n) is 5.18. The van der Waals surface area contributed by atoms with E-state index in [0.29, 0.717) is 22.2 Å². The minimum absolute atomic E-state index is 0.394. The number of nitrogen functional groups attached to an aromatic ring is 1. The first kappa shape index (κ1) is 12.2. The molecule has 2 amide bonds. The zero-order chi connectivity index (χ0) is 13.0. The van der Waals surface area contributed by atoms with Crippen LogP contribution in [0.1, 0.15) is 0 Å². The molecule has 0 aliphatic rings. The number of anilines is 3. The molecule has 0 unspecified atom stereocenters. The number of benzene rings is 1. The number of amides is 2. The van der Waals surface area contributed by atoms with Crippen LogP contribution in [0.5, 0.6) is 0 Å². The van der Waals surface area contributed by atoms with Gasteiger partial charge in [-0.15, -0.1) is 0 Å². The van der Waals surface area contributed by atoms with Crippen molar-refractivity contribution in [3.05, 3.63) is 47.6 Å². The summed E-state index contributed by atoms with van der Waals surface area (Å²) in [6.07, 6.45) is 1.47. The predicted octanol–water partition coefficient (Wildman–Crippen LogP) is 2.96. The van der Waals surface area contributed by atoms with Crippen molar-refractivity contribution in [2.45, 2.75) is 0 Å². The van der Waals surface area contributed by atoms with Crippen LogP contribution in [0.4, 0.5) is 22.0 Å². The summed E-state index contributed by atoms with van der Waals surface area (Å²) in [4.78, 5) is 15.6. The molecule has 1 heterocycles. The van der Waals surface area contributed by atoms with E-state index in [4.69, 9.17) is 17.3 Å². The number of halogens is 1. The van der Waals surface area contributed by atoms with E-state index in [9.17, 15) is 4.79 Å². The molecule has 0 spiro atoms. The standard InChI is InChI=1S/C12H11ClN4O/c13-8-2-1-3-10(6-8)16-12(18)17-11-5-4-9(14)7-15-11/h1-7H,14H2,(H2,15,16,17,18). The van der Waals surface area contributed by atoms with E-state index >= 15 is 0 Å². The Hall–Kier alpha value is -2.27. The van der Waals surface area contributed by atoms with Crippen LogP contribution in [0.2, 0.25) is 5.02 Å². The molecule has 2 rings (SSSR count). The molecule has 0 saturated carbocycles. The average Bonchev–Trinajstić information content (AvgIpc) is 2.32. The SMILES string of the molecule is Nc1ccc(NC(=O)Nc2cccc(Cl)c2)nc1. The van der Waals surface area contributed by atoms with Crippen LogP contribution in [0.15, 0.2) is 42.6 Å². The molecule has 0 fully saturated rings. The highest BCUT2D eigenvalue weighted by Gasteiger charge is 2.03. The number of nitrogens with two attached hydrogens (primary N) is 1. The Morgan fingerprint density at radius 3 is 2.72 bits per heavy atom. The van der Waals surface area contributed by atoms with E-state index in [1.165, 1.54) is 6.20 Å². The number of pyridine rings is 1. The Kier molecular flexibility index (Phi) is 3.64. The second-order valence-corrected chi connectivity index (χ2v) is 4.00. The number of nitrogens with one attached hydrogen (secondary N) is 2. The lowest BCUT2D eigenvalue weighted by atomic mass is 10.3. The van der Waals surface area contributed by atoms with Gasteiger partial charge in [0.25, 0.3) is 0 Å². The maximum Gasteiger partial charge on any atom is 0.324 e. The minimum atomic E-state index is -0.394. The Bertz CT molecular complexity index is 556. The predicted molar refractivity (Wildman–Crippen MR) is 72.7 cm³/mol. The highest BCUT2D eigenvalue weighted by molar-refractivity contribution is 6.30. The van der Waals surface area contributed by atoms with Crippen LogP contribution >= 0.6 is 11.6 Å². The summed E-state index contributed by atoms with van der Waals surface area (Å²) < 4.78 is 0. The first-order valence-corrected chi connectivity index (χ1v) is 5.56. The molecule has 0 saturated heterocycles. The maximum atomic E-state index is 11.6. The van der Waals surface area contributed by atoms with Gasteiger partial charge in [0, 0.05) is 10.7 Å². The fraction of sp³-hybridized carbons (Fsp3) is 0. The monoisotopic (exact) mass is 262 g/mol. The van der Waals surface area contributed by atoms with E-state index in [2.05, 4.69) is 15.6 Å². The molecule has 4 N–H and O–H groups in total. The number of nitrogens with zero attached hydrogens (tertiary/aromatic N) is 1. The minimum Gasteiger partial charge on any atom is -0.397 e. The lowest BCUT2D eigenvalue weighted by Crippen LogP contribution is -2.20. The molecule has 2 aromatic rings. The Morgan fingerprint density at radius 1 is 1.22 bits per heavy atom. The third-order valence-corrected chi connectivity index (χ3v) is 2.35. The smallest absolute Gasteiger partial charge is 0.324 e. The van der Waals surface area contributed by atoms with Crippen LogP contribution in [0, 0.1) is 0 Å². The summed E-state index contributed by atoms with van der Waals surface area (Å²) in [7, 11) is 0. The number of hydrogen-bond acceptors (Lipinski definition) is 3. The van der Waals surface area contributed by atoms with Crippen LogP contribution in [0.3, 0.4) is 0 Å². The van der Waals surface area contributed by atoms with Crippen molar-refractivity contribution in [2.75, 3.05) is 16.4 Å². The summed E-state index contributed by atoms with van der Waals surface area (Å²) in [6, 6.07) is 9.74. The van der Waals surface area contributed by atoms with Crippen LogP contribution in [-0.2, 0) is 0 Å². The van der Waals surface area contributed by atoms with Crippen LogP contribution in [0.25, 0.3) is 0 Å². The van der Waals surface area contributed by atoms with Gasteiger partial charge in [-0.1, -0.05) is 17.7 Å². The summed E-state index contributed by atoms with van der Waals surface area (Å²) in [5, 5.41) is 5.77. The van der Waals surface area contributed by atoms with Crippen LogP contribution < -0.4 is 16.4 Å². The molecule has 1 aromatic carbocycles. The van der Waals surface area contributed by atoms with Gasteiger partial charge < -0.3 is 11.1 Å². The third kappa shape index (κ3) is 3.36. The van der Waals surface area contributed by atoms with E-state index in [0.717, 1.165) is 0 Å². The van der Waals surface area contributed by atoms with Gasteiger partial charge >= 0.3 is 6.03 Å². The molecule has 0 radical (unpaired) electrons. The van der Waals surface area contributed by atoms with Crippen molar-refractivity contribution < 1.29 is 4.79 Å². The molecule has 92 valence electrons. The van der Waals surface area contributed by atoms with E-state index < -0.39 is 6.03 Å². The Morgan fingerprint density at radius 2 is 2.06 bits per heavy atom. The Labute approximate surface area is 109 Å². The number of aromatic nitrogens is 1. The lowest BCUT2D eigenvalue weighted by molar-refractivity contribution is 0.262. The molecular weight excluding hydrogens is 252 g/mol. The van der Waals surface area contributed by atoms with Crippen molar-refractivity contribution in [3.63, 3.8) is 0 Å². The zero-order valence-corrected chi connectivity index (χ0v) is 10.1. The van der Waals surface area contributed by atoms with Crippen molar-refractivity contribution in [3.8, 4) is 0 Å². The number of hydrogen-bond donors (Lipinski definition) is 3. The molecule has 6 heteroatoms. The molecular formula is C12H11ClN4O. The van der Waals surface area contributed by atoms with Gasteiger partial charge in [0.05, 0.1) is 11.9 Å². The second kappa shape index (κ2) is 5.37. The topological polar surface area (TPSA) is 80.0 Å². The lowest BCUT2D eigenvalue weighted by Gasteiger charge is -2.07. The summed E-state index contributed by atoms with van der Waals surface area (Å²) >= 11 is 5.81. The number of rotatable bonds is 2. The Balaban J connectivity index is 1.98. The summed E-state index contributed by atoms with van der Waals surface area (Å²) in [6.45, 7) is 0. The van der Waals surface area contributed by atoms with E-state index in [-0.39, 0.29) is 0 Å². The van der Waals surface area contributed by atoms with E-state index in [1.807, 2.05) is 0 Å². The van der Waals surface area contributed by atoms with Gasteiger partial charge in [-0.2, -0.15) is 0 Å². The number of carbonyl (C=O) groups excluding carboxylic acids is 1.